The minimum atomic E-state index is -0.995. The number of fused-ring (bicyclic) bond motifs is 1. The van der Waals surface area contributed by atoms with Crippen molar-refractivity contribution in [3.05, 3.63) is 59.2 Å². The second-order valence-corrected chi connectivity index (χ2v) is 9.67. The summed E-state index contributed by atoms with van der Waals surface area (Å²) < 4.78 is 5.23. The summed E-state index contributed by atoms with van der Waals surface area (Å²) in [5.41, 5.74) is 3.07. The molecule has 198 valence electrons. The third-order valence-electron chi connectivity index (χ3n) is 7.29. The third kappa shape index (κ3) is 4.97. The van der Waals surface area contributed by atoms with Crippen molar-refractivity contribution < 1.29 is 28.7 Å². The van der Waals surface area contributed by atoms with Gasteiger partial charge in [0.25, 0.3) is 11.8 Å². The van der Waals surface area contributed by atoms with Crippen molar-refractivity contribution in [3.63, 3.8) is 0 Å². The predicted octanol–water partition coefficient (Wildman–Crippen LogP) is 1.44. The predicted molar refractivity (Wildman–Crippen MR) is 137 cm³/mol. The Morgan fingerprint density at radius 3 is 2.34 bits per heavy atom. The molecule has 2 aromatic carbocycles. The number of benzene rings is 2. The first-order valence-electron chi connectivity index (χ1n) is 12.9. The average Bonchev–Trinajstić information content (AvgIpc) is 3.18. The number of piperidine rings is 1. The number of nitrogens with one attached hydrogen (secondary N) is 1. The van der Waals surface area contributed by atoms with Gasteiger partial charge in [-0.25, -0.2) is 0 Å². The third-order valence-corrected chi connectivity index (χ3v) is 7.29. The van der Waals surface area contributed by atoms with Gasteiger partial charge in [0.1, 0.15) is 12.6 Å². The van der Waals surface area contributed by atoms with Gasteiger partial charge in [0.2, 0.25) is 17.7 Å². The zero-order chi connectivity index (χ0) is 26.8. The average molecular weight is 519 g/mol. The first kappa shape index (κ1) is 25.7. The van der Waals surface area contributed by atoms with Gasteiger partial charge < -0.3 is 9.64 Å². The molecule has 0 radical (unpaired) electrons. The molecular formula is C28H30N4O6. The second-order valence-electron chi connectivity index (χ2n) is 9.67. The van der Waals surface area contributed by atoms with Crippen LogP contribution in [0.2, 0.25) is 0 Å². The molecule has 10 nitrogen and oxygen atoms in total. The number of carbonyl (C=O) groups is 5. The molecule has 1 unspecified atom stereocenters. The highest BCUT2D eigenvalue weighted by atomic mass is 16.5. The van der Waals surface area contributed by atoms with Crippen molar-refractivity contribution in [2.45, 2.75) is 32.4 Å². The Kier molecular flexibility index (Phi) is 7.35. The molecule has 5 amide bonds. The van der Waals surface area contributed by atoms with Gasteiger partial charge in [0.05, 0.1) is 11.1 Å². The van der Waals surface area contributed by atoms with Gasteiger partial charge in [0.15, 0.2) is 0 Å². The van der Waals surface area contributed by atoms with Crippen LogP contribution in [0.1, 0.15) is 46.0 Å². The first-order valence-corrected chi connectivity index (χ1v) is 12.9. The number of amides is 5. The maximum atomic E-state index is 13.4. The SMILES string of the molecule is CCOCC(=O)N1CCN(Cc2ccc(-c3cccc4c3C(=O)N(C3CCC(=O)NC3=O)C4=O)cc2)CC1. The molecule has 2 aromatic rings. The summed E-state index contributed by atoms with van der Waals surface area (Å²) in [4.78, 5) is 67.7. The molecule has 3 aliphatic rings. The smallest absolute Gasteiger partial charge is 0.262 e. The van der Waals surface area contributed by atoms with E-state index in [4.69, 9.17) is 4.74 Å². The van der Waals surface area contributed by atoms with E-state index in [0.717, 1.165) is 35.7 Å². The molecule has 38 heavy (non-hydrogen) atoms. The maximum absolute atomic E-state index is 13.4. The standard InChI is InChI=1S/C28H30N4O6/c1-2-38-17-24(34)31-14-12-30(13-15-31)16-18-6-8-19(9-7-18)20-4-3-5-21-25(20)28(37)32(27(21)36)22-10-11-23(33)29-26(22)35/h3-9,22H,2,10-17H2,1H3,(H,29,33,35). The van der Waals surface area contributed by atoms with Crippen molar-refractivity contribution in [2.24, 2.45) is 0 Å². The van der Waals surface area contributed by atoms with Crippen LogP contribution in [0.25, 0.3) is 11.1 Å². The van der Waals surface area contributed by atoms with E-state index in [1.165, 1.54) is 0 Å². The largest absolute Gasteiger partial charge is 0.372 e. The van der Waals surface area contributed by atoms with E-state index in [-0.39, 0.29) is 36.5 Å². The van der Waals surface area contributed by atoms with Crippen molar-refractivity contribution in [2.75, 3.05) is 39.4 Å². The highest BCUT2D eigenvalue weighted by Gasteiger charge is 2.45. The highest BCUT2D eigenvalue weighted by molar-refractivity contribution is 6.25. The van der Waals surface area contributed by atoms with Gasteiger partial charge >= 0.3 is 0 Å². The molecule has 2 saturated heterocycles. The quantitative estimate of drug-likeness (QED) is 0.552. The van der Waals surface area contributed by atoms with E-state index in [1.54, 1.807) is 18.2 Å². The Balaban J connectivity index is 1.27. The zero-order valence-electron chi connectivity index (χ0n) is 21.3. The number of ether oxygens (including phenoxy) is 1. The van der Waals surface area contributed by atoms with Crippen LogP contribution in [0, 0.1) is 0 Å². The second kappa shape index (κ2) is 10.8. The number of hydrogen-bond acceptors (Lipinski definition) is 7. The van der Waals surface area contributed by atoms with Crippen molar-refractivity contribution in [1.29, 1.82) is 0 Å². The normalized spacial score (nSPS) is 20.1. The van der Waals surface area contributed by atoms with Gasteiger partial charge in [-0.1, -0.05) is 36.4 Å². The van der Waals surface area contributed by atoms with Crippen LogP contribution in [0.3, 0.4) is 0 Å². The Morgan fingerprint density at radius 1 is 0.947 bits per heavy atom. The van der Waals surface area contributed by atoms with Crippen LogP contribution in [0.5, 0.6) is 0 Å². The lowest BCUT2D eigenvalue weighted by Gasteiger charge is -2.34. The van der Waals surface area contributed by atoms with E-state index >= 15 is 0 Å². The van der Waals surface area contributed by atoms with Gasteiger partial charge in [0, 0.05) is 45.8 Å². The molecule has 5 rings (SSSR count). The van der Waals surface area contributed by atoms with E-state index in [1.807, 2.05) is 36.1 Å². The molecule has 0 aliphatic carbocycles. The first-order chi connectivity index (χ1) is 18.4. The molecule has 0 saturated carbocycles. The minimum absolute atomic E-state index is 0.0236. The summed E-state index contributed by atoms with van der Waals surface area (Å²) in [6, 6.07) is 12.0. The van der Waals surface area contributed by atoms with E-state index in [9.17, 15) is 24.0 Å². The Morgan fingerprint density at radius 2 is 1.66 bits per heavy atom. The van der Waals surface area contributed by atoms with E-state index in [0.29, 0.717) is 25.3 Å². The summed E-state index contributed by atoms with van der Waals surface area (Å²) in [5.74, 6) is -2.04. The van der Waals surface area contributed by atoms with Crippen LogP contribution in [0.15, 0.2) is 42.5 Å². The molecule has 2 fully saturated rings. The van der Waals surface area contributed by atoms with E-state index < -0.39 is 29.7 Å². The summed E-state index contributed by atoms with van der Waals surface area (Å²) in [7, 11) is 0. The lowest BCUT2D eigenvalue weighted by molar-refractivity contribution is -0.138. The highest BCUT2D eigenvalue weighted by Crippen LogP contribution is 2.35. The zero-order valence-corrected chi connectivity index (χ0v) is 21.3. The van der Waals surface area contributed by atoms with Crippen LogP contribution < -0.4 is 5.32 Å². The number of imide groups is 2. The fourth-order valence-electron chi connectivity index (χ4n) is 5.24. The fourth-order valence-corrected chi connectivity index (χ4v) is 5.24. The number of rotatable bonds is 7. The Bertz CT molecular complexity index is 1280. The van der Waals surface area contributed by atoms with Crippen LogP contribution in [-0.2, 0) is 25.7 Å². The van der Waals surface area contributed by atoms with E-state index in [2.05, 4.69) is 10.2 Å². The maximum Gasteiger partial charge on any atom is 0.262 e. The summed E-state index contributed by atoms with van der Waals surface area (Å²) >= 11 is 0. The van der Waals surface area contributed by atoms with Crippen molar-refractivity contribution in [3.8, 4) is 11.1 Å². The number of nitrogens with zero attached hydrogens (tertiary/aromatic N) is 3. The number of hydrogen-bond donors (Lipinski definition) is 1. The monoisotopic (exact) mass is 518 g/mol. The van der Waals surface area contributed by atoms with Gasteiger partial charge in [-0.15, -0.1) is 0 Å². The summed E-state index contributed by atoms with van der Waals surface area (Å²) in [6.45, 7) is 6.14. The molecule has 1 N–H and O–H groups in total. The van der Waals surface area contributed by atoms with Gasteiger partial charge in [-0.3, -0.25) is 39.1 Å². The van der Waals surface area contributed by atoms with Crippen LogP contribution in [-0.4, -0.2) is 89.7 Å². The van der Waals surface area contributed by atoms with Gasteiger partial charge in [-0.05, 0) is 36.1 Å². The number of piperazine rings is 1. The molecule has 3 heterocycles. The minimum Gasteiger partial charge on any atom is -0.372 e. The Labute approximate surface area is 220 Å². The van der Waals surface area contributed by atoms with Crippen LogP contribution in [0.4, 0.5) is 0 Å². The molecule has 0 bridgehead atoms. The topological polar surface area (TPSA) is 116 Å². The molecule has 10 heteroatoms. The van der Waals surface area contributed by atoms with Crippen LogP contribution >= 0.6 is 0 Å². The Hall–Kier alpha value is -3.89. The van der Waals surface area contributed by atoms with Crippen molar-refractivity contribution >= 4 is 29.5 Å². The molecular weight excluding hydrogens is 488 g/mol. The fraction of sp³-hybridized carbons (Fsp3) is 0.393. The molecule has 0 spiro atoms. The lowest BCUT2D eigenvalue weighted by Crippen LogP contribution is -2.54. The van der Waals surface area contributed by atoms with Crippen molar-refractivity contribution in [1.82, 2.24) is 20.0 Å². The molecule has 3 aliphatic heterocycles. The molecule has 1 atom stereocenters. The number of carbonyl (C=O) groups excluding carboxylic acids is 5. The summed E-state index contributed by atoms with van der Waals surface area (Å²) in [6.07, 6.45) is 0.200. The lowest BCUT2D eigenvalue weighted by atomic mass is 9.96. The van der Waals surface area contributed by atoms with Gasteiger partial charge in [-0.2, -0.15) is 0 Å². The summed E-state index contributed by atoms with van der Waals surface area (Å²) in [5, 5.41) is 2.22. The molecule has 0 aromatic heterocycles.